The van der Waals surface area contributed by atoms with Gasteiger partial charge in [0.05, 0.1) is 17.0 Å². The first-order valence-corrected chi connectivity index (χ1v) is 10.6. The number of fused-ring (bicyclic) bond motifs is 1. The molecule has 0 aliphatic carbocycles. The summed E-state index contributed by atoms with van der Waals surface area (Å²) in [7, 11) is 0. The van der Waals surface area contributed by atoms with Crippen LogP contribution >= 0.6 is 23.1 Å². The van der Waals surface area contributed by atoms with Gasteiger partial charge in [-0.25, -0.2) is 9.37 Å². The van der Waals surface area contributed by atoms with Gasteiger partial charge in [0.25, 0.3) is 5.56 Å². The predicted molar refractivity (Wildman–Crippen MR) is 116 cm³/mol. The van der Waals surface area contributed by atoms with E-state index in [1.807, 2.05) is 36.6 Å². The topological polar surface area (TPSA) is 64.0 Å². The Kier molecular flexibility index (Phi) is 5.46. The van der Waals surface area contributed by atoms with Crippen molar-refractivity contribution in [2.75, 3.05) is 11.1 Å². The predicted octanol–water partition coefficient (Wildman–Crippen LogP) is 4.63. The Bertz CT molecular complexity index is 1270. The number of thioether (sulfide) groups is 1. The zero-order valence-electron chi connectivity index (χ0n) is 15.4. The van der Waals surface area contributed by atoms with E-state index in [9.17, 15) is 14.0 Å². The molecule has 4 aromatic rings. The maximum absolute atomic E-state index is 13.3. The summed E-state index contributed by atoms with van der Waals surface area (Å²) < 4.78 is 15.4. The minimum atomic E-state index is -0.423. The average molecular weight is 426 g/mol. The van der Waals surface area contributed by atoms with Gasteiger partial charge in [-0.2, -0.15) is 0 Å². The van der Waals surface area contributed by atoms with Crippen molar-refractivity contribution in [2.24, 2.45) is 0 Å². The summed E-state index contributed by atoms with van der Waals surface area (Å²) in [5, 5.41) is 4.91. The molecule has 0 saturated heterocycles. The van der Waals surface area contributed by atoms with Crippen LogP contribution in [0, 0.1) is 12.7 Å². The van der Waals surface area contributed by atoms with Crippen molar-refractivity contribution in [1.82, 2.24) is 9.55 Å². The quantitative estimate of drug-likeness (QED) is 0.374. The van der Waals surface area contributed by atoms with Crippen molar-refractivity contribution in [3.05, 3.63) is 81.7 Å². The summed E-state index contributed by atoms with van der Waals surface area (Å²) in [6.45, 7) is 1.95. The SMILES string of the molecule is Cc1cccc(-n2c(SCC(=O)Nc3cccc(F)c3)nc3ccsc3c2=O)c1. The zero-order valence-corrected chi connectivity index (χ0v) is 17.0. The maximum atomic E-state index is 13.3. The summed E-state index contributed by atoms with van der Waals surface area (Å²) in [6, 6.07) is 15.1. The number of carbonyl (C=O) groups is 1. The largest absolute Gasteiger partial charge is 0.325 e. The summed E-state index contributed by atoms with van der Waals surface area (Å²) in [6.07, 6.45) is 0. The van der Waals surface area contributed by atoms with Gasteiger partial charge in [0.15, 0.2) is 5.16 Å². The van der Waals surface area contributed by atoms with Crippen LogP contribution in [-0.4, -0.2) is 21.2 Å². The molecular weight excluding hydrogens is 409 g/mol. The van der Waals surface area contributed by atoms with Crippen LogP contribution in [0.3, 0.4) is 0 Å². The molecule has 29 heavy (non-hydrogen) atoms. The summed E-state index contributed by atoms with van der Waals surface area (Å²) in [4.78, 5) is 30.0. The van der Waals surface area contributed by atoms with Crippen molar-refractivity contribution in [1.29, 1.82) is 0 Å². The van der Waals surface area contributed by atoms with Gasteiger partial charge >= 0.3 is 0 Å². The smallest absolute Gasteiger partial charge is 0.276 e. The molecule has 0 spiro atoms. The molecule has 4 rings (SSSR count). The Morgan fingerprint density at radius 2 is 2.03 bits per heavy atom. The van der Waals surface area contributed by atoms with Crippen LogP contribution < -0.4 is 10.9 Å². The Morgan fingerprint density at radius 1 is 1.21 bits per heavy atom. The summed E-state index contributed by atoms with van der Waals surface area (Å²) in [5.41, 5.74) is 2.54. The zero-order chi connectivity index (χ0) is 20.4. The lowest BCUT2D eigenvalue weighted by molar-refractivity contribution is -0.113. The van der Waals surface area contributed by atoms with Crippen molar-refractivity contribution in [2.45, 2.75) is 12.1 Å². The molecule has 146 valence electrons. The molecule has 0 unspecified atom stereocenters. The van der Waals surface area contributed by atoms with E-state index in [0.29, 0.717) is 26.7 Å². The molecule has 0 radical (unpaired) electrons. The molecule has 0 saturated carbocycles. The Balaban J connectivity index is 1.65. The second kappa shape index (κ2) is 8.18. The number of aryl methyl sites for hydroxylation is 1. The standard InChI is InChI=1S/C21H16FN3O2S2/c1-13-4-2-7-16(10-13)25-20(27)19-17(8-9-28-19)24-21(25)29-12-18(26)23-15-6-3-5-14(22)11-15/h2-11H,12H2,1H3,(H,23,26). The Labute approximate surface area is 174 Å². The molecule has 1 amide bonds. The lowest BCUT2D eigenvalue weighted by atomic mass is 10.2. The monoisotopic (exact) mass is 425 g/mol. The third-order valence-electron chi connectivity index (χ3n) is 4.15. The number of anilines is 1. The molecule has 5 nitrogen and oxygen atoms in total. The van der Waals surface area contributed by atoms with Gasteiger partial charge in [-0.15, -0.1) is 11.3 Å². The van der Waals surface area contributed by atoms with Crippen LogP contribution in [0.2, 0.25) is 0 Å². The van der Waals surface area contributed by atoms with Crippen molar-refractivity contribution in [3.8, 4) is 5.69 Å². The Hall–Kier alpha value is -2.97. The second-order valence-electron chi connectivity index (χ2n) is 6.36. The molecule has 0 bridgehead atoms. The number of thiophene rings is 1. The molecule has 2 aromatic heterocycles. The second-order valence-corrected chi connectivity index (χ2v) is 8.21. The highest BCUT2D eigenvalue weighted by Crippen LogP contribution is 2.24. The third kappa shape index (κ3) is 4.23. The van der Waals surface area contributed by atoms with Gasteiger partial charge < -0.3 is 5.32 Å². The molecule has 1 N–H and O–H groups in total. The summed E-state index contributed by atoms with van der Waals surface area (Å²) >= 11 is 2.51. The number of hydrogen-bond acceptors (Lipinski definition) is 5. The van der Waals surface area contributed by atoms with E-state index < -0.39 is 5.82 Å². The van der Waals surface area contributed by atoms with Crippen molar-refractivity contribution < 1.29 is 9.18 Å². The van der Waals surface area contributed by atoms with Crippen LogP contribution in [0.15, 0.2) is 69.9 Å². The van der Waals surface area contributed by atoms with Crippen molar-refractivity contribution >= 4 is 44.9 Å². The van der Waals surface area contributed by atoms with E-state index in [0.717, 1.165) is 17.3 Å². The first kappa shape index (κ1) is 19.4. The number of amides is 1. The normalized spacial score (nSPS) is 11.0. The minimum Gasteiger partial charge on any atom is -0.325 e. The van der Waals surface area contributed by atoms with E-state index in [2.05, 4.69) is 10.3 Å². The number of nitrogens with one attached hydrogen (secondary N) is 1. The molecule has 0 fully saturated rings. The number of halogens is 1. The van der Waals surface area contributed by atoms with Crippen LogP contribution in [-0.2, 0) is 4.79 Å². The number of aromatic nitrogens is 2. The number of benzene rings is 2. The fourth-order valence-corrected chi connectivity index (χ4v) is 4.45. The van der Waals surface area contributed by atoms with E-state index in [1.165, 1.54) is 34.1 Å². The summed E-state index contributed by atoms with van der Waals surface area (Å²) in [5.74, 6) is -0.700. The number of nitrogens with zero attached hydrogens (tertiary/aromatic N) is 2. The molecule has 2 aromatic carbocycles. The average Bonchev–Trinajstić information content (AvgIpc) is 3.15. The number of rotatable bonds is 5. The third-order valence-corrected chi connectivity index (χ3v) is 5.98. The van der Waals surface area contributed by atoms with Crippen LogP contribution in [0.1, 0.15) is 5.56 Å². The van der Waals surface area contributed by atoms with Gasteiger partial charge in [0.1, 0.15) is 10.5 Å². The van der Waals surface area contributed by atoms with E-state index in [-0.39, 0.29) is 17.2 Å². The lowest BCUT2D eigenvalue weighted by Gasteiger charge is -2.12. The first-order chi connectivity index (χ1) is 14.0. The van der Waals surface area contributed by atoms with Gasteiger partial charge in [-0.05, 0) is 54.3 Å². The number of carbonyl (C=O) groups excluding carboxylic acids is 1. The van der Waals surface area contributed by atoms with E-state index >= 15 is 0 Å². The Morgan fingerprint density at radius 3 is 2.83 bits per heavy atom. The molecule has 0 atom stereocenters. The van der Waals surface area contributed by atoms with Crippen LogP contribution in [0.5, 0.6) is 0 Å². The van der Waals surface area contributed by atoms with Crippen LogP contribution in [0.25, 0.3) is 15.9 Å². The first-order valence-electron chi connectivity index (χ1n) is 8.77. The molecular formula is C21H16FN3O2S2. The molecule has 2 heterocycles. The lowest BCUT2D eigenvalue weighted by Crippen LogP contribution is -2.22. The highest BCUT2D eigenvalue weighted by Gasteiger charge is 2.16. The number of hydrogen-bond donors (Lipinski definition) is 1. The van der Waals surface area contributed by atoms with Crippen molar-refractivity contribution in [3.63, 3.8) is 0 Å². The highest BCUT2D eigenvalue weighted by molar-refractivity contribution is 7.99. The van der Waals surface area contributed by atoms with Gasteiger partial charge in [-0.3, -0.25) is 14.2 Å². The van der Waals surface area contributed by atoms with E-state index in [4.69, 9.17) is 0 Å². The van der Waals surface area contributed by atoms with Gasteiger partial charge in [0, 0.05) is 5.69 Å². The van der Waals surface area contributed by atoms with Crippen LogP contribution in [0.4, 0.5) is 10.1 Å². The van der Waals surface area contributed by atoms with Gasteiger partial charge in [-0.1, -0.05) is 30.0 Å². The van der Waals surface area contributed by atoms with Gasteiger partial charge in [0.2, 0.25) is 5.91 Å². The molecule has 0 aliphatic rings. The molecule has 8 heteroatoms. The van der Waals surface area contributed by atoms with E-state index in [1.54, 1.807) is 12.1 Å². The minimum absolute atomic E-state index is 0.0322. The highest BCUT2D eigenvalue weighted by atomic mass is 32.2. The fraction of sp³-hybridized carbons (Fsp3) is 0.0952. The maximum Gasteiger partial charge on any atom is 0.276 e. The molecule has 0 aliphatic heterocycles. The fourth-order valence-electron chi connectivity index (χ4n) is 2.88.